The van der Waals surface area contributed by atoms with Crippen LogP contribution in [0, 0.1) is 24.2 Å². The van der Waals surface area contributed by atoms with Crippen molar-refractivity contribution in [2.75, 3.05) is 13.1 Å². The predicted molar refractivity (Wildman–Crippen MR) is 133 cm³/mol. The number of pyridine rings is 1. The van der Waals surface area contributed by atoms with Crippen LogP contribution >= 0.6 is 22.9 Å². The highest BCUT2D eigenvalue weighted by molar-refractivity contribution is 7.91. The highest BCUT2D eigenvalue weighted by atomic mass is 35.5. The van der Waals surface area contributed by atoms with Crippen molar-refractivity contribution in [3.63, 3.8) is 0 Å². The molecule has 1 fully saturated rings. The molecule has 0 radical (unpaired) electrons. The Labute approximate surface area is 224 Å². The maximum Gasteiger partial charge on any atom is 0.490 e. The molecule has 38 heavy (non-hydrogen) atoms. The van der Waals surface area contributed by atoms with Crippen LogP contribution in [-0.4, -0.2) is 54.6 Å². The lowest BCUT2D eigenvalue weighted by atomic mass is 10.1. The van der Waals surface area contributed by atoms with Crippen LogP contribution in [0.15, 0.2) is 40.7 Å². The number of halogens is 4. The number of likely N-dealkylation sites (tertiary alicyclic amines) is 1. The van der Waals surface area contributed by atoms with E-state index in [2.05, 4.69) is 9.71 Å². The maximum absolute atomic E-state index is 12.9. The van der Waals surface area contributed by atoms with Gasteiger partial charge in [0.15, 0.2) is 0 Å². The lowest BCUT2D eigenvalue weighted by Crippen LogP contribution is -2.34. The topological polar surface area (TPSA) is 140 Å². The van der Waals surface area contributed by atoms with E-state index in [4.69, 9.17) is 26.8 Å². The van der Waals surface area contributed by atoms with E-state index in [1.165, 1.54) is 11.3 Å². The molecule has 15 heteroatoms. The van der Waals surface area contributed by atoms with Crippen molar-refractivity contribution in [1.29, 1.82) is 5.26 Å². The number of nitriles is 1. The Balaban J connectivity index is 0.000000505. The number of thiophene rings is 1. The van der Waals surface area contributed by atoms with E-state index >= 15 is 0 Å². The third-order valence-corrected chi connectivity index (χ3v) is 9.13. The summed E-state index contributed by atoms with van der Waals surface area (Å²) in [7, 11) is -3.75. The average molecular weight is 589 g/mol. The number of hydrogen-bond acceptors (Lipinski definition) is 7. The molecule has 4 rings (SSSR count). The third-order valence-electron chi connectivity index (χ3n) is 5.58. The summed E-state index contributed by atoms with van der Waals surface area (Å²) >= 11 is 7.24. The fraction of sp³-hybridized carbons (Fsp3) is 0.304. The number of nitrogens with one attached hydrogen (secondary N) is 1. The number of benzene rings is 1. The first kappa shape index (κ1) is 29.3. The zero-order valence-electron chi connectivity index (χ0n) is 19.6. The summed E-state index contributed by atoms with van der Waals surface area (Å²) in [4.78, 5) is 27.3. The number of carbonyl (C=O) groups excluding carboxylic acids is 1. The van der Waals surface area contributed by atoms with Gasteiger partial charge in [0.1, 0.15) is 16.0 Å². The average Bonchev–Trinajstić information content (AvgIpc) is 3.37. The first-order valence-electron chi connectivity index (χ1n) is 10.8. The molecule has 1 amide bonds. The summed E-state index contributed by atoms with van der Waals surface area (Å²) in [5.74, 6) is -3.28. The van der Waals surface area contributed by atoms with Crippen LogP contribution in [0.25, 0.3) is 10.1 Å². The number of aryl methyl sites for hydroxylation is 1. The van der Waals surface area contributed by atoms with Crippen molar-refractivity contribution in [3.8, 4) is 6.07 Å². The second-order valence-corrected chi connectivity index (χ2v) is 11.7. The van der Waals surface area contributed by atoms with Gasteiger partial charge in [0.25, 0.3) is 0 Å². The Hall–Kier alpha value is -3.25. The molecule has 0 saturated carbocycles. The smallest absolute Gasteiger partial charge is 0.475 e. The molecule has 2 N–H and O–H groups in total. The lowest BCUT2D eigenvalue weighted by Gasteiger charge is -2.17. The number of carboxylic acid groups (broad SMARTS) is 1. The first-order valence-corrected chi connectivity index (χ1v) is 13.5. The number of amides is 1. The van der Waals surface area contributed by atoms with Crippen molar-refractivity contribution in [2.24, 2.45) is 5.92 Å². The van der Waals surface area contributed by atoms with E-state index < -0.39 is 28.1 Å². The zero-order chi connectivity index (χ0) is 28.3. The summed E-state index contributed by atoms with van der Waals surface area (Å²) in [6, 6.07) is 10.7. The first-order chi connectivity index (χ1) is 17.7. The predicted octanol–water partition coefficient (Wildman–Crippen LogP) is 4.09. The van der Waals surface area contributed by atoms with Gasteiger partial charge in [0.2, 0.25) is 15.9 Å². The van der Waals surface area contributed by atoms with Gasteiger partial charge in [-0.25, -0.2) is 22.9 Å². The van der Waals surface area contributed by atoms with E-state index in [1.807, 2.05) is 12.1 Å². The standard InChI is InChI=1S/C21H19ClN4O3S2.C2HF3O2/c1-13-18-9-16(22)2-3-19(18)30-21(13)31(28,29)25-11-15-5-7-26(20(15)27)12-14-4-6-24-17(8-14)10-23;3-2(4,5)1(6)7/h2-4,6,8-9,15,25H,5,7,11-12H2,1H3;(H,6,7)/t15-;/m0./s1. The van der Waals surface area contributed by atoms with Gasteiger partial charge in [0.05, 0.1) is 5.92 Å². The Bertz CT molecular complexity index is 1520. The number of carbonyl (C=O) groups is 2. The van der Waals surface area contributed by atoms with Crippen molar-refractivity contribution >= 4 is 54.9 Å². The summed E-state index contributed by atoms with van der Waals surface area (Å²) in [6.45, 7) is 2.72. The third kappa shape index (κ3) is 6.98. The second-order valence-electron chi connectivity index (χ2n) is 8.22. The van der Waals surface area contributed by atoms with Crippen molar-refractivity contribution in [2.45, 2.75) is 30.3 Å². The van der Waals surface area contributed by atoms with Gasteiger partial charge in [-0.3, -0.25) is 4.79 Å². The quantitative estimate of drug-likeness (QED) is 0.442. The molecule has 2 aromatic heterocycles. The Morgan fingerprint density at radius 1 is 1.34 bits per heavy atom. The van der Waals surface area contributed by atoms with Crippen LogP contribution in [0.3, 0.4) is 0 Å². The van der Waals surface area contributed by atoms with E-state index in [9.17, 15) is 26.4 Å². The SMILES string of the molecule is Cc1c(S(=O)(=O)NC[C@@H]2CCN(Cc3ccnc(C#N)c3)C2=O)sc2ccc(Cl)cc12.O=C(O)C(F)(F)F. The summed E-state index contributed by atoms with van der Waals surface area (Å²) in [6.07, 6.45) is -2.97. The normalized spacial score (nSPS) is 15.7. The molecule has 1 atom stereocenters. The summed E-state index contributed by atoms with van der Waals surface area (Å²) < 4.78 is 61.3. The molecular weight excluding hydrogens is 569 g/mol. The molecule has 9 nitrogen and oxygen atoms in total. The fourth-order valence-corrected chi connectivity index (χ4v) is 6.75. The Morgan fingerprint density at radius 2 is 2.03 bits per heavy atom. The van der Waals surface area contributed by atoms with Gasteiger partial charge >= 0.3 is 12.1 Å². The van der Waals surface area contributed by atoms with Gasteiger partial charge in [-0.15, -0.1) is 11.3 Å². The molecule has 1 saturated heterocycles. The number of carboxylic acids is 1. The molecule has 202 valence electrons. The Morgan fingerprint density at radius 3 is 2.66 bits per heavy atom. The minimum absolute atomic E-state index is 0.0475. The number of aliphatic carboxylic acids is 1. The molecule has 3 heterocycles. The second kappa shape index (κ2) is 11.6. The van der Waals surface area contributed by atoms with Crippen molar-refractivity contribution in [3.05, 3.63) is 58.4 Å². The molecule has 1 aromatic carbocycles. The van der Waals surface area contributed by atoms with Crippen molar-refractivity contribution < 1.29 is 36.3 Å². The minimum atomic E-state index is -5.08. The number of sulfonamides is 1. The maximum atomic E-state index is 12.9. The summed E-state index contributed by atoms with van der Waals surface area (Å²) in [5, 5.41) is 17.5. The van der Waals surface area contributed by atoms with Gasteiger partial charge in [-0.05, 0) is 60.2 Å². The molecular formula is C23H20ClF3N4O5S2. The van der Waals surface area contributed by atoms with Crippen LogP contribution in [0.5, 0.6) is 0 Å². The molecule has 3 aromatic rings. The molecule has 0 bridgehead atoms. The molecule has 0 spiro atoms. The number of alkyl halides is 3. The van der Waals surface area contributed by atoms with Crippen LogP contribution in [0.4, 0.5) is 13.2 Å². The van der Waals surface area contributed by atoms with Crippen molar-refractivity contribution in [1.82, 2.24) is 14.6 Å². The van der Waals surface area contributed by atoms with Gasteiger partial charge < -0.3 is 10.0 Å². The lowest BCUT2D eigenvalue weighted by molar-refractivity contribution is -0.192. The number of hydrogen-bond donors (Lipinski definition) is 2. The Kier molecular flexibility index (Phi) is 8.98. The van der Waals surface area contributed by atoms with E-state index in [0.717, 1.165) is 15.6 Å². The monoisotopic (exact) mass is 588 g/mol. The summed E-state index contributed by atoms with van der Waals surface area (Å²) in [5.41, 5.74) is 1.77. The van der Waals surface area contributed by atoms with Crippen LogP contribution in [0.2, 0.25) is 5.02 Å². The van der Waals surface area contributed by atoms with E-state index in [-0.39, 0.29) is 16.7 Å². The van der Waals surface area contributed by atoms with Crippen LogP contribution in [-0.2, 0) is 26.2 Å². The number of fused-ring (bicyclic) bond motifs is 1. The molecule has 1 aliphatic heterocycles. The number of rotatable bonds is 6. The van der Waals surface area contributed by atoms with Gasteiger partial charge in [-0.2, -0.15) is 18.4 Å². The van der Waals surface area contributed by atoms with Crippen LogP contribution in [0.1, 0.15) is 23.2 Å². The number of nitrogens with zero attached hydrogens (tertiary/aromatic N) is 3. The van der Waals surface area contributed by atoms with Gasteiger partial charge in [0, 0.05) is 35.6 Å². The molecule has 0 aliphatic carbocycles. The largest absolute Gasteiger partial charge is 0.490 e. The molecule has 1 aliphatic rings. The van der Waals surface area contributed by atoms with E-state index in [0.29, 0.717) is 35.8 Å². The van der Waals surface area contributed by atoms with E-state index in [1.54, 1.807) is 42.3 Å². The van der Waals surface area contributed by atoms with Gasteiger partial charge in [-0.1, -0.05) is 11.6 Å². The highest BCUT2D eigenvalue weighted by Gasteiger charge is 2.38. The molecule has 0 unspecified atom stereocenters. The zero-order valence-corrected chi connectivity index (χ0v) is 22.0. The highest BCUT2D eigenvalue weighted by Crippen LogP contribution is 2.35. The van der Waals surface area contributed by atoms with Crippen LogP contribution < -0.4 is 4.72 Å². The minimum Gasteiger partial charge on any atom is -0.475 e. The fourth-order valence-electron chi connectivity index (χ4n) is 3.71. The number of aromatic nitrogens is 1.